The maximum absolute atomic E-state index is 6.32. The zero-order chi connectivity index (χ0) is 13.0. The lowest BCUT2D eigenvalue weighted by Crippen LogP contribution is -2.45. The maximum Gasteiger partial charge on any atom is 0.0670 e. The van der Waals surface area contributed by atoms with Crippen molar-refractivity contribution < 1.29 is 4.74 Å². The molecule has 0 spiro atoms. The number of nitrogens with zero attached hydrogens (tertiary/aromatic N) is 1. The molecule has 1 N–H and O–H groups in total. The average Bonchev–Trinajstić information content (AvgIpc) is 2.41. The summed E-state index contributed by atoms with van der Waals surface area (Å²) in [5.41, 5.74) is 2.43. The van der Waals surface area contributed by atoms with Gasteiger partial charge in [0.1, 0.15) is 0 Å². The third-order valence-electron chi connectivity index (χ3n) is 3.46. The minimum Gasteiger partial charge on any atom is -0.377 e. The van der Waals surface area contributed by atoms with Crippen molar-refractivity contribution in [2.24, 2.45) is 0 Å². The van der Waals surface area contributed by atoms with E-state index in [2.05, 4.69) is 23.2 Å². The van der Waals surface area contributed by atoms with Crippen molar-refractivity contribution in [2.45, 2.75) is 25.9 Å². The van der Waals surface area contributed by atoms with Gasteiger partial charge in [0, 0.05) is 29.4 Å². The van der Waals surface area contributed by atoms with E-state index in [0.29, 0.717) is 6.04 Å². The molecule has 1 saturated heterocycles. The van der Waals surface area contributed by atoms with E-state index >= 15 is 0 Å². The molecule has 3 nitrogen and oxygen atoms in total. The van der Waals surface area contributed by atoms with Crippen molar-refractivity contribution in [3.63, 3.8) is 0 Å². The van der Waals surface area contributed by atoms with E-state index < -0.39 is 0 Å². The van der Waals surface area contributed by atoms with Crippen molar-refractivity contribution in [1.29, 1.82) is 0 Å². The standard InChI is InChI=1S/C14H21ClN2O/c1-3-11-10-18-8-7-17(11)14-6-4-5-13(15)12(14)9-16-2/h4-6,11,16H,3,7-10H2,1-2H3. The Labute approximate surface area is 114 Å². The number of hydrogen-bond donors (Lipinski definition) is 1. The molecule has 1 atom stereocenters. The van der Waals surface area contributed by atoms with E-state index in [1.54, 1.807) is 0 Å². The topological polar surface area (TPSA) is 24.5 Å². The molecule has 1 aromatic carbocycles. The van der Waals surface area contributed by atoms with Gasteiger partial charge in [0.05, 0.1) is 19.3 Å². The lowest BCUT2D eigenvalue weighted by molar-refractivity contribution is 0.0929. The minimum absolute atomic E-state index is 0.452. The number of hydrogen-bond acceptors (Lipinski definition) is 3. The fourth-order valence-electron chi connectivity index (χ4n) is 2.48. The van der Waals surface area contributed by atoms with Crippen LogP contribution in [0.25, 0.3) is 0 Å². The number of nitrogens with one attached hydrogen (secondary N) is 1. The Morgan fingerprint density at radius 2 is 2.33 bits per heavy atom. The monoisotopic (exact) mass is 268 g/mol. The number of ether oxygens (including phenoxy) is 1. The second-order valence-electron chi connectivity index (χ2n) is 4.60. The molecule has 1 aliphatic heterocycles. The smallest absolute Gasteiger partial charge is 0.0670 e. The second kappa shape index (κ2) is 6.41. The van der Waals surface area contributed by atoms with E-state index in [-0.39, 0.29) is 0 Å². The molecule has 0 aromatic heterocycles. The van der Waals surface area contributed by atoms with Gasteiger partial charge >= 0.3 is 0 Å². The van der Waals surface area contributed by atoms with Crippen LogP contribution < -0.4 is 10.2 Å². The molecule has 0 radical (unpaired) electrons. The Morgan fingerprint density at radius 3 is 3.06 bits per heavy atom. The van der Waals surface area contributed by atoms with Crippen LogP contribution in [-0.2, 0) is 11.3 Å². The van der Waals surface area contributed by atoms with E-state index in [4.69, 9.17) is 16.3 Å². The van der Waals surface area contributed by atoms with Crippen LogP contribution >= 0.6 is 11.6 Å². The van der Waals surface area contributed by atoms with Crippen LogP contribution in [0.15, 0.2) is 18.2 Å². The first-order chi connectivity index (χ1) is 8.77. The molecular formula is C14H21ClN2O. The third-order valence-corrected chi connectivity index (χ3v) is 3.81. The van der Waals surface area contributed by atoms with Gasteiger partial charge < -0.3 is 15.0 Å². The summed E-state index contributed by atoms with van der Waals surface area (Å²) in [6, 6.07) is 6.60. The zero-order valence-corrected chi connectivity index (χ0v) is 11.8. The summed E-state index contributed by atoms with van der Waals surface area (Å²) in [5.74, 6) is 0. The van der Waals surface area contributed by atoms with Gasteiger partial charge in [0.2, 0.25) is 0 Å². The third kappa shape index (κ3) is 2.79. The Bertz CT molecular complexity index is 397. The van der Waals surface area contributed by atoms with Crippen LogP contribution in [0.3, 0.4) is 0 Å². The number of rotatable bonds is 4. The highest BCUT2D eigenvalue weighted by molar-refractivity contribution is 6.31. The number of halogens is 1. The first kappa shape index (κ1) is 13.7. The van der Waals surface area contributed by atoms with Crippen molar-refractivity contribution in [3.8, 4) is 0 Å². The van der Waals surface area contributed by atoms with E-state index in [0.717, 1.165) is 37.7 Å². The fraction of sp³-hybridized carbons (Fsp3) is 0.571. The normalized spacial score (nSPS) is 20.2. The highest BCUT2D eigenvalue weighted by atomic mass is 35.5. The van der Waals surface area contributed by atoms with E-state index in [1.807, 2.05) is 19.2 Å². The summed E-state index contributed by atoms with van der Waals surface area (Å²) in [5, 5.41) is 4.03. The number of benzene rings is 1. The Balaban J connectivity index is 2.33. The first-order valence-corrected chi connectivity index (χ1v) is 6.92. The van der Waals surface area contributed by atoms with Crippen LogP contribution in [0.4, 0.5) is 5.69 Å². The van der Waals surface area contributed by atoms with E-state index in [9.17, 15) is 0 Å². The molecule has 1 aliphatic rings. The lowest BCUT2D eigenvalue weighted by atomic mass is 10.1. The van der Waals surface area contributed by atoms with Gasteiger partial charge in [0.15, 0.2) is 0 Å². The van der Waals surface area contributed by atoms with Crippen molar-refractivity contribution in [2.75, 3.05) is 31.7 Å². The van der Waals surface area contributed by atoms with Gasteiger partial charge in [0.25, 0.3) is 0 Å². The summed E-state index contributed by atoms with van der Waals surface area (Å²) in [6.07, 6.45) is 1.09. The quantitative estimate of drug-likeness (QED) is 0.909. The molecule has 4 heteroatoms. The van der Waals surface area contributed by atoms with Gasteiger partial charge in [-0.05, 0) is 25.6 Å². The van der Waals surface area contributed by atoms with Gasteiger partial charge in [-0.2, -0.15) is 0 Å². The van der Waals surface area contributed by atoms with Crippen LogP contribution in [0.1, 0.15) is 18.9 Å². The largest absolute Gasteiger partial charge is 0.377 e. The van der Waals surface area contributed by atoms with Gasteiger partial charge in [-0.15, -0.1) is 0 Å². The van der Waals surface area contributed by atoms with Crippen molar-refractivity contribution in [3.05, 3.63) is 28.8 Å². The lowest BCUT2D eigenvalue weighted by Gasteiger charge is -2.38. The molecular weight excluding hydrogens is 248 g/mol. The van der Waals surface area contributed by atoms with Crippen molar-refractivity contribution in [1.82, 2.24) is 5.32 Å². The summed E-state index contributed by atoms with van der Waals surface area (Å²) in [6.45, 7) is 5.54. The molecule has 0 amide bonds. The summed E-state index contributed by atoms with van der Waals surface area (Å²) in [4.78, 5) is 2.43. The van der Waals surface area contributed by atoms with Crippen LogP contribution in [0, 0.1) is 0 Å². The summed E-state index contributed by atoms with van der Waals surface area (Å²) < 4.78 is 5.56. The molecule has 2 rings (SSSR count). The first-order valence-electron chi connectivity index (χ1n) is 6.54. The van der Waals surface area contributed by atoms with Gasteiger partial charge in [-0.25, -0.2) is 0 Å². The molecule has 0 aliphatic carbocycles. The molecule has 1 heterocycles. The van der Waals surface area contributed by atoms with Gasteiger partial charge in [-0.1, -0.05) is 24.6 Å². The SMILES string of the molecule is CCC1COCCN1c1cccc(Cl)c1CNC. The predicted octanol–water partition coefficient (Wildman–Crippen LogP) is 2.67. The maximum atomic E-state index is 6.32. The Hall–Kier alpha value is -0.770. The number of morpholine rings is 1. The van der Waals surface area contributed by atoms with Crippen LogP contribution in [0.5, 0.6) is 0 Å². The molecule has 1 fully saturated rings. The Morgan fingerprint density at radius 1 is 1.50 bits per heavy atom. The highest BCUT2D eigenvalue weighted by Crippen LogP contribution is 2.30. The fourth-order valence-corrected chi connectivity index (χ4v) is 2.71. The summed E-state index contributed by atoms with van der Waals surface area (Å²) in [7, 11) is 1.95. The van der Waals surface area contributed by atoms with Crippen LogP contribution in [-0.4, -0.2) is 32.8 Å². The molecule has 100 valence electrons. The molecule has 0 saturated carbocycles. The minimum atomic E-state index is 0.452. The Kier molecular flexibility index (Phi) is 4.87. The zero-order valence-electron chi connectivity index (χ0n) is 11.1. The second-order valence-corrected chi connectivity index (χ2v) is 5.01. The van der Waals surface area contributed by atoms with Crippen LogP contribution in [0.2, 0.25) is 5.02 Å². The molecule has 18 heavy (non-hydrogen) atoms. The van der Waals surface area contributed by atoms with Crippen molar-refractivity contribution >= 4 is 17.3 Å². The highest BCUT2D eigenvalue weighted by Gasteiger charge is 2.24. The van der Waals surface area contributed by atoms with Gasteiger partial charge in [-0.3, -0.25) is 0 Å². The summed E-state index contributed by atoms with van der Waals surface area (Å²) >= 11 is 6.32. The number of anilines is 1. The molecule has 1 aromatic rings. The molecule has 0 bridgehead atoms. The molecule has 1 unspecified atom stereocenters. The predicted molar refractivity (Wildman–Crippen MR) is 76.5 cm³/mol. The van der Waals surface area contributed by atoms with E-state index in [1.165, 1.54) is 11.3 Å². The average molecular weight is 269 g/mol.